The van der Waals surface area contributed by atoms with E-state index in [4.69, 9.17) is 0 Å². The van der Waals surface area contributed by atoms with Crippen molar-refractivity contribution in [1.82, 2.24) is 5.32 Å². The Bertz CT molecular complexity index is 1150. The molecule has 0 aliphatic carbocycles. The van der Waals surface area contributed by atoms with Gasteiger partial charge in [0.25, 0.3) is 10.0 Å². The molecule has 5 nitrogen and oxygen atoms in total. The van der Waals surface area contributed by atoms with E-state index in [0.29, 0.717) is 12.2 Å². The Morgan fingerprint density at radius 2 is 1.62 bits per heavy atom. The van der Waals surface area contributed by atoms with Gasteiger partial charge in [-0.2, -0.15) is 11.8 Å². The molecule has 0 saturated carbocycles. The number of rotatable bonds is 12. The molecule has 0 atom stereocenters. The van der Waals surface area contributed by atoms with Gasteiger partial charge in [-0.15, -0.1) is 11.8 Å². The van der Waals surface area contributed by atoms with Crippen molar-refractivity contribution >= 4 is 45.1 Å². The van der Waals surface area contributed by atoms with Crippen molar-refractivity contribution in [3.05, 3.63) is 90.0 Å². The minimum atomic E-state index is -3.90. The van der Waals surface area contributed by atoms with Crippen LogP contribution in [0.2, 0.25) is 0 Å². The SMILES string of the molecule is CSc1ccc(S(=O)(=O)N(CC(=O)NCCCSCc2ccccc2)c2ccc(C)cc2)cc1. The Labute approximate surface area is 211 Å². The molecule has 3 aromatic carbocycles. The van der Waals surface area contributed by atoms with Crippen LogP contribution in [0, 0.1) is 6.92 Å². The summed E-state index contributed by atoms with van der Waals surface area (Å²) in [7, 11) is -3.90. The number of anilines is 1. The Hall–Kier alpha value is -2.42. The molecule has 1 amide bonds. The number of aryl methyl sites for hydroxylation is 1. The van der Waals surface area contributed by atoms with Gasteiger partial charge in [0.1, 0.15) is 6.54 Å². The van der Waals surface area contributed by atoms with E-state index in [9.17, 15) is 13.2 Å². The smallest absolute Gasteiger partial charge is 0.264 e. The molecule has 0 heterocycles. The van der Waals surface area contributed by atoms with E-state index in [1.165, 1.54) is 9.87 Å². The molecule has 3 aromatic rings. The molecule has 8 heteroatoms. The van der Waals surface area contributed by atoms with E-state index in [0.717, 1.165) is 28.4 Å². The molecule has 0 aliphatic heterocycles. The van der Waals surface area contributed by atoms with Crippen molar-refractivity contribution in [2.45, 2.75) is 28.9 Å². The lowest BCUT2D eigenvalue weighted by Crippen LogP contribution is -2.41. The predicted molar refractivity (Wildman–Crippen MR) is 144 cm³/mol. The van der Waals surface area contributed by atoms with E-state index >= 15 is 0 Å². The second kappa shape index (κ2) is 12.9. The number of carbonyl (C=O) groups is 1. The maximum absolute atomic E-state index is 13.4. The van der Waals surface area contributed by atoms with Crippen LogP contribution in [0.25, 0.3) is 0 Å². The molecule has 180 valence electrons. The standard InChI is InChI=1S/C26H30N2O3S3/c1-21-9-11-23(12-10-21)28(34(30,31)25-15-13-24(32-2)14-16-25)19-26(29)27-17-6-18-33-20-22-7-4-3-5-8-22/h3-5,7-16H,6,17-20H2,1-2H3,(H,27,29). The number of nitrogens with one attached hydrogen (secondary N) is 1. The first-order valence-electron chi connectivity index (χ1n) is 11.0. The zero-order chi connectivity index (χ0) is 24.4. The lowest BCUT2D eigenvalue weighted by atomic mass is 10.2. The summed E-state index contributed by atoms with van der Waals surface area (Å²) in [4.78, 5) is 13.8. The molecule has 34 heavy (non-hydrogen) atoms. The minimum absolute atomic E-state index is 0.163. The van der Waals surface area contributed by atoms with Crippen LogP contribution in [0.15, 0.2) is 88.7 Å². The molecule has 0 radical (unpaired) electrons. The second-order valence-corrected chi connectivity index (χ2v) is 11.6. The van der Waals surface area contributed by atoms with Crippen molar-refractivity contribution in [3.63, 3.8) is 0 Å². The summed E-state index contributed by atoms with van der Waals surface area (Å²) in [6.07, 6.45) is 2.75. The second-order valence-electron chi connectivity index (χ2n) is 7.76. The van der Waals surface area contributed by atoms with Crippen LogP contribution in [0.5, 0.6) is 0 Å². The van der Waals surface area contributed by atoms with Gasteiger partial charge in [-0.05, 0) is 67.3 Å². The van der Waals surface area contributed by atoms with E-state index < -0.39 is 10.0 Å². The summed E-state index contributed by atoms with van der Waals surface area (Å²) in [6, 6.07) is 24.1. The molecule has 3 rings (SSSR count). The highest BCUT2D eigenvalue weighted by Gasteiger charge is 2.27. The maximum Gasteiger partial charge on any atom is 0.264 e. The van der Waals surface area contributed by atoms with Gasteiger partial charge in [-0.1, -0.05) is 48.0 Å². The summed E-state index contributed by atoms with van der Waals surface area (Å²) in [5.74, 6) is 1.53. The highest BCUT2D eigenvalue weighted by atomic mass is 32.2. The van der Waals surface area contributed by atoms with Gasteiger partial charge < -0.3 is 5.32 Å². The predicted octanol–water partition coefficient (Wildman–Crippen LogP) is 5.35. The van der Waals surface area contributed by atoms with E-state index in [1.807, 2.05) is 55.3 Å². The monoisotopic (exact) mass is 514 g/mol. The van der Waals surface area contributed by atoms with Crippen LogP contribution < -0.4 is 9.62 Å². The van der Waals surface area contributed by atoms with Gasteiger partial charge >= 0.3 is 0 Å². The van der Waals surface area contributed by atoms with Crippen molar-refractivity contribution in [3.8, 4) is 0 Å². The summed E-state index contributed by atoms with van der Waals surface area (Å²) >= 11 is 3.36. The van der Waals surface area contributed by atoms with Crippen LogP contribution in [-0.4, -0.2) is 39.4 Å². The molecular weight excluding hydrogens is 484 g/mol. The van der Waals surface area contributed by atoms with Gasteiger partial charge in [0.2, 0.25) is 5.91 Å². The molecule has 0 aromatic heterocycles. The fourth-order valence-corrected chi connectivity index (χ4v) is 6.00. The molecule has 0 bridgehead atoms. The lowest BCUT2D eigenvalue weighted by Gasteiger charge is -2.24. The van der Waals surface area contributed by atoms with Gasteiger partial charge in [0.15, 0.2) is 0 Å². The third-order valence-corrected chi connectivity index (χ3v) is 8.80. The first kappa shape index (κ1) is 26.2. The molecular formula is C26H30N2O3S3. The van der Waals surface area contributed by atoms with Crippen molar-refractivity contribution in [2.24, 2.45) is 0 Å². The van der Waals surface area contributed by atoms with E-state index in [1.54, 1.807) is 48.2 Å². The van der Waals surface area contributed by atoms with Gasteiger partial charge in [0.05, 0.1) is 10.6 Å². The highest BCUT2D eigenvalue weighted by molar-refractivity contribution is 7.98. The normalized spacial score (nSPS) is 11.2. The summed E-state index contributed by atoms with van der Waals surface area (Å²) in [5, 5.41) is 2.87. The third-order valence-electron chi connectivity index (χ3n) is 5.16. The van der Waals surface area contributed by atoms with Crippen LogP contribution in [-0.2, 0) is 20.6 Å². The Morgan fingerprint density at radius 1 is 0.941 bits per heavy atom. The average molecular weight is 515 g/mol. The van der Waals surface area contributed by atoms with Crippen LogP contribution in [0.1, 0.15) is 17.5 Å². The Kier molecular flexibility index (Phi) is 9.92. The number of benzene rings is 3. The van der Waals surface area contributed by atoms with Crippen molar-refractivity contribution in [1.29, 1.82) is 0 Å². The van der Waals surface area contributed by atoms with E-state index in [-0.39, 0.29) is 17.3 Å². The number of nitrogens with zero attached hydrogens (tertiary/aromatic N) is 1. The summed E-state index contributed by atoms with van der Waals surface area (Å²) in [6.45, 7) is 2.17. The third kappa shape index (κ3) is 7.55. The first-order chi connectivity index (χ1) is 16.4. The topological polar surface area (TPSA) is 66.5 Å². The molecule has 0 fully saturated rings. The zero-order valence-electron chi connectivity index (χ0n) is 19.4. The average Bonchev–Trinajstić information content (AvgIpc) is 2.86. The quantitative estimate of drug-likeness (QED) is 0.261. The number of amides is 1. The molecule has 0 spiro atoms. The zero-order valence-corrected chi connectivity index (χ0v) is 21.9. The fourth-order valence-electron chi connectivity index (χ4n) is 3.25. The number of hydrogen-bond acceptors (Lipinski definition) is 5. The van der Waals surface area contributed by atoms with Gasteiger partial charge in [-0.25, -0.2) is 8.42 Å². The van der Waals surface area contributed by atoms with Crippen LogP contribution >= 0.6 is 23.5 Å². The molecule has 0 saturated heterocycles. The van der Waals surface area contributed by atoms with Crippen LogP contribution in [0.3, 0.4) is 0 Å². The Morgan fingerprint density at radius 3 is 2.26 bits per heavy atom. The fraction of sp³-hybridized carbons (Fsp3) is 0.269. The minimum Gasteiger partial charge on any atom is -0.354 e. The first-order valence-corrected chi connectivity index (χ1v) is 14.8. The lowest BCUT2D eigenvalue weighted by molar-refractivity contribution is -0.119. The highest BCUT2D eigenvalue weighted by Crippen LogP contribution is 2.25. The number of hydrogen-bond donors (Lipinski definition) is 1. The number of sulfonamides is 1. The summed E-state index contributed by atoms with van der Waals surface area (Å²) in [5.41, 5.74) is 2.76. The molecule has 0 aliphatic rings. The largest absolute Gasteiger partial charge is 0.354 e. The van der Waals surface area contributed by atoms with Crippen LogP contribution in [0.4, 0.5) is 5.69 Å². The van der Waals surface area contributed by atoms with Gasteiger partial charge in [0, 0.05) is 17.2 Å². The van der Waals surface area contributed by atoms with Crippen molar-refractivity contribution < 1.29 is 13.2 Å². The van der Waals surface area contributed by atoms with E-state index in [2.05, 4.69) is 17.4 Å². The number of carbonyl (C=O) groups excluding carboxylic acids is 1. The molecule has 1 N–H and O–H groups in total. The Balaban J connectivity index is 1.61. The van der Waals surface area contributed by atoms with Gasteiger partial charge in [-0.3, -0.25) is 9.10 Å². The maximum atomic E-state index is 13.4. The number of thioether (sulfide) groups is 2. The summed E-state index contributed by atoms with van der Waals surface area (Å²) < 4.78 is 28.1. The molecule has 0 unspecified atom stereocenters. The van der Waals surface area contributed by atoms with Crippen molar-refractivity contribution in [2.75, 3.05) is 29.4 Å².